The normalized spacial score (nSPS) is 13.6. The fourth-order valence-electron chi connectivity index (χ4n) is 19.8. The number of hydrogen-bond donors (Lipinski definition) is 0. The molecule has 3 aromatic heterocycles. The van der Waals surface area contributed by atoms with Crippen molar-refractivity contribution in [3.8, 4) is 51.7 Å². The van der Waals surface area contributed by atoms with Crippen LogP contribution in [0, 0.1) is 34.6 Å². The van der Waals surface area contributed by atoms with Crippen LogP contribution >= 0.6 is 49.1 Å². The Kier molecular flexibility index (Phi) is 28.7. The topological polar surface area (TPSA) is 79.4 Å². The molecule has 0 saturated heterocycles. The van der Waals surface area contributed by atoms with Gasteiger partial charge in [0.25, 0.3) is 0 Å². The van der Waals surface area contributed by atoms with E-state index < -0.39 is 54.5 Å². The fourth-order valence-corrected chi connectivity index (χ4v) is 32.2. The molecule has 2 aliphatic heterocycles. The highest BCUT2D eigenvalue weighted by Crippen LogP contribution is 2.65. The fraction of sp³-hybridized carbons (Fsp3) is 0.109. The highest BCUT2D eigenvalue weighted by molar-refractivity contribution is 7.80. The lowest BCUT2D eigenvalue weighted by atomic mass is 9.74. The number of rotatable bonds is 23. The maximum atomic E-state index is 7.59. The van der Waals surface area contributed by atoms with E-state index in [1.54, 1.807) is 0 Å². The number of ether oxygens (including phenoxy) is 2. The molecule has 0 saturated carbocycles. The molecule has 10 nitrogen and oxygen atoms in total. The Morgan fingerprint density at radius 1 is 0.271 bits per heavy atom. The first-order valence-corrected chi connectivity index (χ1v) is 56.5. The van der Waals surface area contributed by atoms with E-state index in [9.17, 15) is 0 Å². The molecule has 18 aromatic carbocycles. The number of nitrogens with zero attached hydrogens (tertiary/aromatic N) is 3. The molecule has 0 amide bonds. The van der Waals surface area contributed by atoms with Crippen LogP contribution in [-0.4, -0.2) is 13.0 Å². The Morgan fingerprint density at radius 2 is 0.569 bits per heavy atom. The second-order valence-corrected chi connectivity index (χ2v) is 48.3. The molecule has 24 rings (SSSR count). The van der Waals surface area contributed by atoms with E-state index in [1.165, 1.54) is 108 Å². The summed E-state index contributed by atoms with van der Waals surface area (Å²) in [7, 11) is -6.41. The van der Waals surface area contributed by atoms with E-state index in [-0.39, 0.29) is 11.1 Å². The third kappa shape index (κ3) is 20.2. The van der Waals surface area contributed by atoms with Gasteiger partial charge in [-0.1, -0.05) is 422 Å². The van der Waals surface area contributed by atoms with E-state index in [0.717, 1.165) is 80.6 Å². The lowest BCUT2D eigenvalue weighted by Gasteiger charge is -2.38. The van der Waals surface area contributed by atoms with E-state index in [0.29, 0.717) is 17.2 Å². The van der Waals surface area contributed by atoms with Gasteiger partial charge in [-0.25, -0.2) is 0 Å². The summed E-state index contributed by atoms with van der Waals surface area (Å²) in [5.74, 6) is 7.14. The molecule has 0 spiro atoms. The predicted molar refractivity (Wildman–Crippen MR) is 609 cm³/mol. The van der Waals surface area contributed by atoms with Crippen molar-refractivity contribution in [3.05, 3.63) is 541 Å². The second kappa shape index (κ2) is 43.1. The Bertz CT molecular complexity index is 7540. The van der Waals surface area contributed by atoms with Gasteiger partial charge in [0.1, 0.15) is 28.7 Å². The molecule has 0 radical (unpaired) electrons. The molecule has 3 aliphatic rings. The Labute approximate surface area is 852 Å². The zero-order valence-corrected chi connectivity index (χ0v) is 87.4. The molecule has 2 unspecified atom stereocenters. The Morgan fingerprint density at radius 3 is 0.944 bits per heavy atom. The van der Waals surface area contributed by atoms with Gasteiger partial charge in [-0.15, -0.1) is 0 Å². The van der Waals surface area contributed by atoms with Crippen LogP contribution < -0.4 is 79.8 Å². The van der Waals surface area contributed by atoms with Gasteiger partial charge in [0.2, 0.25) is 8.30 Å². The average Bonchev–Trinajstić information content (AvgIpc) is 0.929. The average molecular weight is 1990 g/mol. The minimum absolute atomic E-state index is 0.214. The summed E-state index contributed by atoms with van der Waals surface area (Å²) in [6, 6.07) is 162. The molecule has 16 heteroatoms. The molecule has 144 heavy (non-hydrogen) atoms. The van der Waals surface area contributed by atoms with Gasteiger partial charge in [0.15, 0.2) is 23.0 Å². The van der Waals surface area contributed by atoms with Crippen molar-refractivity contribution in [3.63, 3.8) is 0 Å². The van der Waals surface area contributed by atoms with Gasteiger partial charge >= 0.3 is 17.1 Å². The Hall–Kier alpha value is -14.2. The summed E-state index contributed by atoms with van der Waals surface area (Å²) in [6.07, 6.45) is 8.86. The molecular formula is C128H111N3O7P6. The monoisotopic (exact) mass is 1990 g/mol. The lowest BCUT2D eigenvalue weighted by Crippen LogP contribution is -2.32. The van der Waals surface area contributed by atoms with Crippen LogP contribution in [0.3, 0.4) is 0 Å². The minimum Gasteiger partial charge on any atom is -0.455 e. The molecule has 0 bridgehead atoms. The van der Waals surface area contributed by atoms with Crippen molar-refractivity contribution in [2.24, 2.45) is 0 Å². The van der Waals surface area contributed by atoms with Gasteiger partial charge in [0, 0.05) is 78.4 Å². The molecule has 21 aromatic rings. The van der Waals surface area contributed by atoms with Crippen molar-refractivity contribution in [1.29, 1.82) is 0 Å². The SMILES string of the molecule is CC1(C)c2cccc(P(c3ccccc3)c3ccccc3)c2Oc2c(P(c3ccccc3)c3ccccc3)cccc21.Cc1cc(OP(C2CCc3ccccc32)n2cc(C)c3ccccc32)c2c(c1)C(C)(C)c1cc(C)cc(OP(n3cc(C)c4ccccc43)n3cc(C)c4ccccc43)c1O2.c1ccc(OP(Oc2ccccc2)Oc2ccccc2)cc1.c1ccc(P(c2ccccc2)c2ccccc2)cc1. The van der Waals surface area contributed by atoms with Crippen molar-refractivity contribution >= 4 is 130 Å². The zero-order valence-electron chi connectivity index (χ0n) is 82.0. The van der Waals surface area contributed by atoms with Crippen LogP contribution in [0.2, 0.25) is 0 Å². The quantitative estimate of drug-likeness (QED) is 0.0590. The first-order chi connectivity index (χ1) is 70.5. The van der Waals surface area contributed by atoms with Gasteiger partial charge in [-0.3, -0.25) is 13.0 Å². The zero-order chi connectivity index (χ0) is 98.2. The summed E-state index contributed by atoms with van der Waals surface area (Å²) < 4.78 is 54.3. The van der Waals surface area contributed by atoms with E-state index >= 15 is 0 Å². The summed E-state index contributed by atoms with van der Waals surface area (Å²) in [6.45, 7) is 20.2. The molecule has 0 fully saturated rings. The minimum atomic E-state index is -1.59. The van der Waals surface area contributed by atoms with Crippen LogP contribution in [0.1, 0.15) is 101 Å². The second-order valence-electron chi connectivity index (χ2n) is 37.3. The van der Waals surface area contributed by atoms with Crippen LogP contribution in [0.4, 0.5) is 0 Å². The number of para-hydroxylation sites is 8. The summed E-state index contributed by atoms with van der Waals surface area (Å²) in [5, 5.41) is 15.7. The number of aromatic nitrogens is 3. The third-order valence-electron chi connectivity index (χ3n) is 26.8. The summed E-state index contributed by atoms with van der Waals surface area (Å²) >= 11 is 0. The van der Waals surface area contributed by atoms with Gasteiger partial charge < -0.3 is 32.1 Å². The van der Waals surface area contributed by atoms with Gasteiger partial charge in [-0.05, 0) is 214 Å². The Balaban J connectivity index is 0.000000126. The smallest absolute Gasteiger partial charge is 0.455 e. The maximum absolute atomic E-state index is 7.59. The highest BCUT2D eigenvalue weighted by Gasteiger charge is 2.44. The van der Waals surface area contributed by atoms with E-state index in [2.05, 4.69) is 464 Å². The van der Waals surface area contributed by atoms with Crippen molar-refractivity contribution < 1.29 is 32.1 Å². The standard InChI is InChI=1S/C53H49N3O3P2.C39H32OP2.C18H15O3P.C18H15P/c1-33-26-43-51(48(28-33)58-60(50-25-24-38-16-8-9-20-42(38)50)54-30-35(3)39-17-10-13-21-45(39)54)57-52-44(53(43,6)7)27-34(2)29-49(52)59-61(55-31-36(4)40-18-11-14-22-46(40)55)56-32-37(5)41-19-12-15-23-47(41)56;1-39(2)33-25-15-27-35(41(29-17-7-3-8-18-29)30-19-9-4-10-20-30)37(33)40-38-34(39)26-16-28-36(38)42(31-21-11-5-12-22-31)32-23-13-6-14-24-32;1-4-10-16(11-5-1)19-22(20-17-12-6-2-7-13-17)21-18-14-8-3-9-15-18;1-4-10-16(11-5-1)19(17-12-6-2-7-13-17)18-14-8-3-9-15-18/h8-23,26-32,50H,24-25H2,1-7H3;3-28H,1-2H3;1-15H;1-15H. The van der Waals surface area contributed by atoms with Crippen molar-refractivity contribution in [2.45, 2.75) is 91.6 Å². The summed E-state index contributed by atoms with van der Waals surface area (Å²) in [5.41, 5.74) is 16.5. The molecule has 1 aliphatic carbocycles. The first-order valence-electron chi connectivity index (χ1n) is 48.9. The van der Waals surface area contributed by atoms with Gasteiger partial charge in [0.05, 0.1) is 22.2 Å². The van der Waals surface area contributed by atoms with E-state index in [1.807, 2.05) is 91.0 Å². The number of hydrogen-bond acceptors (Lipinski definition) is 7. The predicted octanol–water partition coefficient (Wildman–Crippen LogP) is 31.7. The largest absolute Gasteiger partial charge is 0.530 e. The molecular weight excluding hydrogens is 1880 g/mol. The number of aryl methyl sites for hydroxylation is 6. The summed E-state index contributed by atoms with van der Waals surface area (Å²) in [4.78, 5) is 0. The lowest BCUT2D eigenvalue weighted by molar-refractivity contribution is 0.384. The number of fused-ring (bicyclic) bond motifs is 8. The molecule has 0 N–H and O–H groups in total. The van der Waals surface area contributed by atoms with E-state index in [4.69, 9.17) is 32.1 Å². The third-order valence-corrected chi connectivity index (χ3v) is 39.3. The molecule has 5 heterocycles. The van der Waals surface area contributed by atoms with Crippen molar-refractivity contribution in [2.75, 3.05) is 0 Å². The van der Waals surface area contributed by atoms with Crippen molar-refractivity contribution in [1.82, 2.24) is 13.0 Å². The van der Waals surface area contributed by atoms with Crippen LogP contribution in [0.25, 0.3) is 32.7 Å². The first kappa shape index (κ1) is 95.9. The molecule has 710 valence electrons. The van der Waals surface area contributed by atoms with Crippen LogP contribution in [0.15, 0.2) is 480 Å². The number of benzene rings is 18. The molecule has 2 atom stereocenters. The highest BCUT2D eigenvalue weighted by atomic mass is 31.2. The van der Waals surface area contributed by atoms with Gasteiger partial charge in [-0.2, -0.15) is 0 Å². The van der Waals surface area contributed by atoms with Crippen LogP contribution in [0.5, 0.6) is 51.7 Å². The van der Waals surface area contributed by atoms with Crippen LogP contribution in [-0.2, 0) is 17.3 Å². The maximum Gasteiger partial charge on any atom is 0.530 e.